The Hall–Kier alpha value is -3.46. The van der Waals surface area contributed by atoms with Gasteiger partial charge in [0, 0.05) is 17.0 Å². The zero-order valence-corrected chi connectivity index (χ0v) is 18.4. The fraction of sp³-hybridized carbons (Fsp3) is 0.261. The SMILES string of the molecule is Cc1cc(C(=O)CSc2nnc(C3COc4ccccc4O3)o2)c(C)n1Cc1ccco1. The summed E-state index contributed by atoms with van der Waals surface area (Å²) in [6, 6.07) is 13.1. The third-order valence-electron chi connectivity index (χ3n) is 5.30. The quantitative estimate of drug-likeness (QED) is 0.297. The number of fused-ring (bicyclic) bond motifs is 1. The summed E-state index contributed by atoms with van der Waals surface area (Å²) in [5.41, 5.74) is 2.59. The van der Waals surface area contributed by atoms with Crippen LogP contribution in [0.4, 0.5) is 0 Å². The number of thioether (sulfide) groups is 1. The number of rotatable bonds is 7. The highest BCUT2D eigenvalue weighted by molar-refractivity contribution is 7.99. The molecule has 4 heterocycles. The van der Waals surface area contributed by atoms with Gasteiger partial charge in [-0.15, -0.1) is 10.2 Å². The molecule has 0 bridgehead atoms. The van der Waals surface area contributed by atoms with E-state index in [1.807, 2.05) is 56.3 Å². The standard InChI is InChI=1S/C23H21N3O5S/c1-14-10-17(15(2)26(14)11-16-6-5-9-28-16)18(27)13-32-23-25-24-22(31-23)21-12-29-19-7-3-4-8-20(19)30-21/h3-10,21H,11-13H2,1-2H3. The molecule has 8 nitrogen and oxygen atoms in total. The lowest BCUT2D eigenvalue weighted by Gasteiger charge is -2.23. The van der Waals surface area contributed by atoms with Crippen molar-refractivity contribution in [2.75, 3.05) is 12.4 Å². The van der Waals surface area contributed by atoms with E-state index in [9.17, 15) is 4.79 Å². The first-order chi connectivity index (χ1) is 15.6. The van der Waals surface area contributed by atoms with Crippen molar-refractivity contribution in [3.05, 3.63) is 77.3 Å². The number of ketones is 1. The van der Waals surface area contributed by atoms with Gasteiger partial charge < -0.3 is 22.9 Å². The van der Waals surface area contributed by atoms with E-state index in [2.05, 4.69) is 14.8 Å². The van der Waals surface area contributed by atoms with Gasteiger partial charge in [0.2, 0.25) is 6.10 Å². The predicted molar refractivity (Wildman–Crippen MR) is 116 cm³/mol. The highest BCUT2D eigenvalue weighted by atomic mass is 32.2. The minimum Gasteiger partial charge on any atom is -0.485 e. The maximum absolute atomic E-state index is 12.9. The summed E-state index contributed by atoms with van der Waals surface area (Å²) in [7, 11) is 0. The van der Waals surface area contributed by atoms with Gasteiger partial charge in [-0.3, -0.25) is 4.79 Å². The molecule has 5 rings (SSSR count). The average molecular weight is 452 g/mol. The molecule has 4 aromatic rings. The number of para-hydroxylation sites is 2. The Morgan fingerprint density at radius 3 is 2.81 bits per heavy atom. The molecular weight excluding hydrogens is 430 g/mol. The number of aryl methyl sites for hydroxylation is 1. The average Bonchev–Trinajstić information content (AvgIpc) is 3.55. The number of benzene rings is 1. The highest BCUT2D eigenvalue weighted by Gasteiger charge is 2.27. The van der Waals surface area contributed by atoms with Gasteiger partial charge in [-0.05, 0) is 44.2 Å². The number of nitrogens with zero attached hydrogens (tertiary/aromatic N) is 3. The first-order valence-corrected chi connectivity index (χ1v) is 11.1. The maximum Gasteiger partial charge on any atom is 0.277 e. The minimum atomic E-state index is -0.483. The Morgan fingerprint density at radius 1 is 1.16 bits per heavy atom. The molecule has 0 fully saturated rings. The minimum absolute atomic E-state index is 0.000257. The molecule has 0 aliphatic carbocycles. The monoisotopic (exact) mass is 451 g/mol. The predicted octanol–water partition coefficient (Wildman–Crippen LogP) is 4.62. The van der Waals surface area contributed by atoms with Crippen molar-refractivity contribution >= 4 is 17.5 Å². The molecule has 0 amide bonds. The van der Waals surface area contributed by atoms with Gasteiger partial charge in [0.25, 0.3) is 11.1 Å². The molecule has 0 saturated carbocycles. The molecule has 164 valence electrons. The Balaban J connectivity index is 1.22. The zero-order valence-electron chi connectivity index (χ0n) is 17.6. The van der Waals surface area contributed by atoms with Crippen LogP contribution < -0.4 is 9.47 Å². The first kappa shape index (κ1) is 20.4. The molecule has 0 radical (unpaired) electrons. The number of hydrogen-bond donors (Lipinski definition) is 0. The largest absolute Gasteiger partial charge is 0.485 e. The summed E-state index contributed by atoms with van der Waals surface area (Å²) in [6.07, 6.45) is 1.16. The van der Waals surface area contributed by atoms with Crippen molar-refractivity contribution in [3.63, 3.8) is 0 Å². The number of aromatic nitrogens is 3. The fourth-order valence-electron chi connectivity index (χ4n) is 3.64. The van der Waals surface area contributed by atoms with Crippen LogP contribution >= 0.6 is 11.8 Å². The number of Topliss-reactive ketones (excluding diaryl/α,β-unsaturated/α-hetero) is 1. The molecule has 32 heavy (non-hydrogen) atoms. The van der Waals surface area contributed by atoms with Crippen molar-refractivity contribution in [2.24, 2.45) is 0 Å². The van der Waals surface area contributed by atoms with E-state index in [1.54, 1.807) is 6.26 Å². The van der Waals surface area contributed by atoms with Crippen molar-refractivity contribution in [1.82, 2.24) is 14.8 Å². The zero-order chi connectivity index (χ0) is 22.1. The summed E-state index contributed by atoms with van der Waals surface area (Å²) in [6.45, 7) is 4.79. The van der Waals surface area contributed by atoms with E-state index in [1.165, 1.54) is 11.8 Å². The molecule has 1 atom stereocenters. The number of hydrogen-bond acceptors (Lipinski definition) is 8. The second kappa shape index (κ2) is 8.58. The van der Waals surface area contributed by atoms with Crippen LogP contribution in [-0.2, 0) is 6.54 Å². The Bertz CT molecular complexity index is 1240. The lowest BCUT2D eigenvalue weighted by molar-refractivity contribution is 0.0686. The molecular formula is C23H21N3O5S. The van der Waals surface area contributed by atoms with Crippen molar-refractivity contribution in [3.8, 4) is 11.5 Å². The lowest BCUT2D eigenvalue weighted by atomic mass is 10.2. The van der Waals surface area contributed by atoms with E-state index < -0.39 is 6.10 Å². The van der Waals surface area contributed by atoms with Gasteiger partial charge >= 0.3 is 0 Å². The normalized spacial score (nSPS) is 15.1. The molecule has 9 heteroatoms. The Morgan fingerprint density at radius 2 is 2.00 bits per heavy atom. The van der Waals surface area contributed by atoms with Gasteiger partial charge in [0.05, 0.1) is 18.6 Å². The summed E-state index contributed by atoms with van der Waals surface area (Å²) in [5.74, 6) is 2.68. The second-order valence-corrected chi connectivity index (χ2v) is 8.36. The summed E-state index contributed by atoms with van der Waals surface area (Å²) < 4.78 is 24.8. The van der Waals surface area contributed by atoms with E-state index in [0.717, 1.165) is 17.1 Å². The van der Waals surface area contributed by atoms with Crippen molar-refractivity contribution < 1.29 is 23.1 Å². The van der Waals surface area contributed by atoms with Gasteiger partial charge in [-0.1, -0.05) is 23.9 Å². The molecule has 1 unspecified atom stereocenters. The van der Waals surface area contributed by atoms with Gasteiger partial charge in [-0.25, -0.2) is 0 Å². The number of carbonyl (C=O) groups is 1. The number of carbonyl (C=O) groups excluding carboxylic acids is 1. The maximum atomic E-state index is 12.9. The molecule has 0 saturated heterocycles. The number of furan rings is 1. The Labute approximate surface area is 188 Å². The van der Waals surface area contributed by atoms with Crippen LogP contribution in [0.1, 0.15) is 39.5 Å². The van der Waals surface area contributed by atoms with Crippen LogP contribution in [0.3, 0.4) is 0 Å². The smallest absolute Gasteiger partial charge is 0.277 e. The topological polar surface area (TPSA) is 92.5 Å². The van der Waals surface area contributed by atoms with E-state index in [4.69, 9.17) is 18.3 Å². The van der Waals surface area contributed by atoms with E-state index >= 15 is 0 Å². The van der Waals surface area contributed by atoms with Crippen LogP contribution in [-0.4, -0.2) is 32.9 Å². The molecule has 0 spiro atoms. The summed E-state index contributed by atoms with van der Waals surface area (Å²) >= 11 is 1.21. The van der Waals surface area contributed by atoms with Crippen LogP contribution in [0.15, 0.2) is 62.8 Å². The molecule has 1 aromatic carbocycles. The highest BCUT2D eigenvalue weighted by Crippen LogP contribution is 2.36. The van der Waals surface area contributed by atoms with E-state index in [-0.39, 0.29) is 18.1 Å². The fourth-order valence-corrected chi connectivity index (χ4v) is 4.29. The van der Waals surface area contributed by atoms with Gasteiger partial charge in [0.1, 0.15) is 12.4 Å². The van der Waals surface area contributed by atoms with Crippen LogP contribution in [0.5, 0.6) is 11.5 Å². The molecule has 1 aliphatic rings. The molecule has 0 N–H and O–H groups in total. The molecule has 3 aromatic heterocycles. The van der Waals surface area contributed by atoms with E-state index in [0.29, 0.717) is 34.7 Å². The number of ether oxygens (including phenoxy) is 2. The summed E-state index contributed by atoms with van der Waals surface area (Å²) in [5, 5.41) is 8.44. The van der Waals surface area contributed by atoms with Crippen LogP contribution in [0.2, 0.25) is 0 Å². The van der Waals surface area contributed by atoms with Crippen molar-refractivity contribution in [2.45, 2.75) is 31.7 Å². The summed E-state index contributed by atoms with van der Waals surface area (Å²) in [4.78, 5) is 12.9. The van der Waals surface area contributed by atoms with Gasteiger partial charge in [-0.2, -0.15) is 0 Å². The van der Waals surface area contributed by atoms with Crippen LogP contribution in [0, 0.1) is 13.8 Å². The Kier molecular flexibility index (Phi) is 5.48. The van der Waals surface area contributed by atoms with Gasteiger partial charge in [0.15, 0.2) is 17.3 Å². The van der Waals surface area contributed by atoms with Crippen LogP contribution in [0.25, 0.3) is 0 Å². The first-order valence-electron chi connectivity index (χ1n) is 10.2. The third-order valence-corrected chi connectivity index (χ3v) is 6.12. The third kappa shape index (κ3) is 4.03. The molecule has 1 aliphatic heterocycles. The lowest BCUT2D eigenvalue weighted by Crippen LogP contribution is -2.21. The second-order valence-electron chi connectivity index (χ2n) is 7.43. The van der Waals surface area contributed by atoms with Crippen molar-refractivity contribution in [1.29, 1.82) is 0 Å².